The molecular formula is C16H25NO3. The molecule has 0 aromatic heterocycles. The monoisotopic (exact) mass is 279 g/mol. The second kappa shape index (κ2) is 8.12. The summed E-state index contributed by atoms with van der Waals surface area (Å²) >= 11 is 0. The van der Waals surface area contributed by atoms with E-state index in [-0.39, 0.29) is 0 Å². The zero-order valence-electron chi connectivity index (χ0n) is 12.6. The van der Waals surface area contributed by atoms with E-state index in [1.807, 2.05) is 13.0 Å². The normalized spacial score (nSPS) is 16.1. The Morgan fingerprint density at radius 1 is 1.20 bits per heavy atom. The molecule has 1 heterocycles. The lowest BCUT2D eigenvalue weighted by molar-refractivity contribution is 0.0374. The van der Waals surface area contributed by atoms with E-state index in [0.29, 0.717) is 6.61 Å². The largest absolute Gasteiger partial charge is 0.493 e. The van der Waals surface area contributed by atoms with Crippen molar-refractivity contribution < 1.29 is 14.2 Å². The van der Waals surface area contributed by atoms with Crippen LogP contribution in [0.25, 0.3) is 0 Å². The van der Waals surface area contributed by atoms with Crippen molar-refractivity contribution in [3.05, 3.63) is 23.8 Å². The van der Waals surface area contributed by atoms with Gasteiger partial charge in [-0.25, -0.2) is 0 Å². The molecule has 0 amide bonds. The number of morpholine rings is 1. The number of nitrogens with zero attached hydrogens (tertiary/aromatic N) is 1. The number of hydrogen-bond donors (Lipinski definition) is 0. The zero-order chi connectivity index (χ0) is 14.2. The van der Waals surface area contributed by atoms with E-state index < -0.39 is 0 Å². The number of ether oxygens (including phenoxy) is 3. The fourth-order valence-corrected chi connectivity index (χ4v) is 2.48. The van der Waals surface area contributed by atoms with Crippen LogP contribution >= 0.6 is 0 Å². The van der Waals surface area contributed by atoms with Gasteiger partial charge in [0, 0.05) is 13.1 Å². The highest BCUT2D eigenvalue weighted by Crippen LogP contribution is 2.28. The van der Waals surface area contributed by atoms with Gasteiger partial charge in [-0.1, -0.05) is 6.07 Å². The van der Waals surface area contributed by atoms with Gasteiger partial charge >= 0.3 is 0 Å². The highest BCUT2D eigenvalue weighted by molar-refractivity contribution is 5.43. The van der Waals surface area contributed by atoms with Crippen molar-refractivity contribution >= 4 is 0 Å². The molecule has 0 spiro atoms. The Morgan fingerprint density at radius 3 is 2.70 bits per heavy atom. The predicted octanol–water partition coefficient (Wildman–Crippen LogP) is 2.36. The summed E-state index contributed by atoms with van der Waals surface area (Å²) in [7, 11) is 1.68. The van der Waals surface area contributed by atoms with Crippen LogP contribution in [0.1, 0.15) is 18.9 Å². The minimum absolute atomic E-state index is 0.660. The number of benzene rings is 1. The minimum Gasteiger partial charge on any atom is -0.493 e. The fraction of sp³-hybridized carbons (Fsp3) is 0.625. The second-order valence-corrected chi connectivity index (χ2v) is 4.98. The number of rotatable bonds is 7. The maximum Gasteiger partial charge on any atom is 0.161 e. The van der Waals surface area contributed by atoms with Crippen LogP contribution in [-0.4, -0.2) is 51.5 Å². The van der Waals surface area contributed by atoms with Crippen molar-refractivity contribution in [1.82, 2.24) is 4.90 Å². The Kier molecular flexibility index (Phi) is 6.15. The lowest BCUT2D eigenvalue weighted by atomic mass is 10.1. The van der Waals surface area contributed by atoms with Gasteiger partial charge in [-0.15, -0.1) is 0 Å². The summed E-state index contributed by atoms with van der Waals surface area (Å²) in [6.45, 7) is 7.66. The summed E-state index contributed by atoms with van der Waals surface area (Å²) in [6.07, 6.45) is 2.24. The fourth-order valence-electron chi connectivity index (χ4n) is 2.48. The molecule has 2 rings (SSSR count). The van der Waals surface area contributed by atoms with Crippen molar-refractivity contribution in [2.75, 3.05) is 46.6 Å². The molecule has 0 unspecified atom stereocenters. The third kappa shape index (κ3) is 4.39. The first-order valence-corrected chi connectivity index (χ1v) is 7.43. The van der Waals surface area contributed by atoms with Crippen LogP contribution in [-0.2, 0) is 11.2 Å². The average Bonchev–Trinajstić information content (AvgIpc) is 2.49. The maximum absolute atomic E-state index is 5.61. The summed E-state index contributed by atoms with van der Waals surface area (Å²) in [5, 5.41) is 0. The van der Waals surface area contributed by atoms with Crippen LogP contribution in [0.2, 0.25) is 0 Å². The van der Waals surface area contributed by atoms with Gasteiger partial charge in [0.1, 0.15) is 0 Å². The van der Waals surface area contributed by atoms with Crippen LogP contribution < -0.4 is 9.47 Å². The van der Waals surface area contributed by atoms with E-state index in [1.165, 1.54) is 5.56 Å². The van der Waals surface area contributed by atoms with Crippen molar-refractivity contribution in [3.63, 3.8) is 0 Å². The van der Waals surface area contributed by atoms with Gasteiger partial charge in [0.25, 0.3) is 0 Å². The van der Waals surface area contributed by atoms with E-state index in [4.69, 9.17) is 14.2 Å². The van der Waals surface area contributed by atoms with Crippen LogP contribution in [0.3, 0.4) is 0 Å². The van der Waals surface area contributed by atoms with Gasteiger partial charge in [-0.05, 0) is 44.0 Å². The molecule has 0 bridgehead atoms. The Hall–Kier alpha value is -1.26. The third-order valence-electron chi connectivity index (χ3n) is 3.57. The number of hydrogen-bond acceptors (Lipinski definition) is 4. The van der Waals surface area contributed by atoms with Crippen molar-refractivity contribution in [2.45, 2.75) is 19.8 Å². The summed E-state index contributed by atoms with van der Waals surface area (Å²) in [4.78, 5) is 2.47. The molecule has 1 aromatic carbocycles. The molecule has 4 heteroatoms. The molecule has 112 valence electrons. The van der Waals surface area contributed by atoms with Crippen LogP contribution in [0.5, 0.6) is 11.5 Å². The molecule has 1 aromatic rings. The molecule has 1 fully saturated rings. The summed E-state index contributed by atoms with van der Waals surface area (Å²) in [6, 6.07) is 6.22. The van der Waals surface area contributed by atoms with Crippen LogP contribution in [0, 0.1) is 0 Å². The summed E-state index contributed by atoms with van der Waals surface area (Å²) in [5.41, 5.74) is 1.31. The van der Waals surface area contributed by atoms with Crippen LogP contribution in [0.15, 0.2) is 18.2 Å². The molecule has 1 saturated heterocycles. The smallest absolute Gasteiger partial charge is 0.161 e. The van der Waals surface area contributed by atoms with Crippen molar-refractivity contribution in [3.8, 4) is 11.5 Å². The first-order chi connectivity index (χ1) is 9.83. The van der Waals surface area contributed by atoms with E-state index in [9.17, 15) is 0 Å². The molecule has 0 aliphatic carbocycles. The molecule has 0 saturated carbocycles. The molecule has 0 radical (unpaired) electrons. The predicted molar refractivity (Wildman–Crippen MR) is 79.7 cm³/mol. The first-order valence-electron chi connectivity index (χ1n) is 7.43. The number of methoxy groups -OCH3 is 1. The molecule has 0 atom stereocenters. The van der Waals surface area contributed by atoms with Crippen molar-refractivity contribution in [2.24, 2.45) is 0 Å². The molecular weight excluding hydrogens is 254 g/mol. The zero-order valence-corrected chi connectivity index (χ0v) is 12.6. The second-order valence-electron chi connectivity index (χ2n) is 4.98. The van der Waals surface area contributed by atoms with Gasteiger partial charge in [0.05, 0.1) is 26.9 Å². The average molecular weight is 279 g/mol. The lowest BCUT2D eigenvalue weighted by Crippen LogP contribution is -2.36. The van der Waals surface area contributed by atoms with Gasteiger partial charge in [0.15, 0.2) is 11.5 Å². The van der Waals surface area contributed by atoms with E-state index in [1.54, 1.807) is 7.11 Å². The van der Waals surface area contributed by atoms with E-state index >= 15 is 0 Å². The standard InChI is InChI=1S/C16H25NO3/c1-3-20-16-13-14(6-7-15(16)18-2)5-4-8-17-9-11-19-12-10-17/h6-7,13H,3-5,8-12H2,1-2H3. The third-order valence-corrected chi connectivity index (χ3v) is 3.57. The van der Waals surface area contributed by atoms with E-state index in [2.05, 4.69) is 17.0 Å². The minimum atomic E-state index is 0.660. The lowest BCUT2D eigenvalue weighted by Gasteiger charge is -2.26. The molecule has 1 aliphatic rings. The maximum atomic E-state index is 5.61. The Balaban J connectivity index is 1.84. The number of aryl methyl sites for hydroxylation is 1. The molecule has 20 heavy (non-hydrogen) atoms. The molecule has 0 N–H and O–H groups in total. The topological polar surface area (TPSA) is 30.9 Å². The van der Waals surface area contributed by atoms with Gasteiger partial charge in [-0.2, -0.15) is 0 Å². The summed E-state index contributed by atoms with van der Waals surface area (Å²) < 4.78 is 16.3. The Labute approximate surface area is 121 Å². The van der Waals surface area contributed by atoms with Crippen LogP contribution in [0.4, 0.5) is 0 Å². The summed E-state index contributed by atoms with van der Waals surface area (Å²) in [5.74, 6) is 1.66. The highest BCUT2D eigenvalue weighted by atomic mass is 16.5. The van der Waals surface area contributed by atoms with Gasteiger partial charge in [-0.3, -0.25) is 4.90 Å². The van der Waals surface area contributed by atoms with Gasteiger partial charge in [0.2, 0.25) is 0 Å². The Morgan fingerprint density at radius 2 is 2.00 bits per heavy atom. The molecule has 4 nitrogen and oxygen atoms in total. The quantitative estimate of drug-likeness (QED) is 0.766. The SMILES string of the molecule is CCOc1cc(CCCN2CCOCC2)ccc1OC. The highest BCUT2D eigenvalue weighted by Gasteiger charge is 2.10. The van der Waals surface area contributed by atoms with Gasteiger partial charge < -0.3 is 14.2 Å². The molecule has 1 aliphatic heterocycles. The Bertz CT molecular complexity index is 403. The first kappa shape index (κ1) is 15.1. The van der Waals surface area contributed by atoms with E-state index in [0.717, 1.165) is 57.2 Å². The van der Waals surface area contributed by atoms with Crippen molar-refractivity contribution in [1.29, 1.82) is 0 Å².